The van der Waals surface area contributed by atoms with Crippen molar-refractivity contribution in [1.29, 1.82) is 0 Å². The highest BCUT2D eigenvalue weighted by atomic mass is 32.2. The average molecular weight is 247 g/mol. The van der Waals surface area contributed by atoms with Crippen molar-refractivity contribution >= 4 is 23.6 Å². The fourth-order valence-corrected chi connectivity index (χ4v) is 1.69. The summed E-state index contributed by atoms with van der Waals surface area (Å²) < 4.78 is 0. The number of nitrogens with zero attached hydrogens (tertiary/aromatic N) is 1. The quantitative estimate of drug-likeness (QED) is 0.645. The first kappa shape index (κ1) is 15.2. The molecule has 94 valence electrons. The minimum Gasteiger partial charge on any atom is -0.355 e. The van der Waals surface area contributed by atoms with E-state index in [2.05, 4.69) is 5.32 Å². The van der Waals surface area contributed by atoms with Crippen LogP contribution in [0.2, 0.25) is 0 Å². The maximum absolute atomic E-state index is 11.7. The molecule has 0 heterocycles. The number of thioether (sulfide) groups is 1. The Morgan fingerprint density at radius 2 is 2.12 bits per heavy atom. The third-order valence-electron chi connectivity index (χ3n) is 2.08. The molecule has 0 saturated heterocycles. The zero-order valence-corrected chi connectivity index (χ0v) is 11.0. The van der Waals surface area contributed by atoms with Crippen molar-refractivity contribution in [2.24, 2.45) is 5.73 Å². The summed E-state index contributed by atoms with van der Waals surface area (Å²) in [6, 6.07) is -0.508. The van der Waals surface area contributed by atoms with Crippen LogP contribution in [0.1, 0.15) is 13.3 Å². The second kappa shape index (κ2) is 8.41. The third kappa shape index (κ3) is 5.97. The van der Waals surface area contributed by atoms with Crippen LogP contribution >= 0.6 is 11.8 Å². The first-order valence-electron chi connectivity index (χ1n) is 5.29. The molecule has 0 fully saturated rings. The lowest BCUT2D eigenvalue weighted by Crippen LogP contribution is -2.46. The Bertz CT molecular complexity index is 236. The second-order valence-corrected chi connectivity index (χ2v) is 4.52. The van der Waals surface area contributed by atoms with Crippen molar-refractivity contribution in [2.45, 2.75) is 19.4 Å². The van der Waals surface area contributed by atoms with E-state index in [0.717, 1.165) is 5.75 Å². The number of carbonyl (C=O) groups excluding carboxylic acids is 2. The van der Waals surface area contributed by atoms with E-state index < -0.39 is 6.04 Å². The van der Waals surface area contributed by atoms with Crippen molar-refractivity contribution in [3.8, 4) is 0 Å². The van der Waals surface area contributed by atoms with Gasteiger partial charge in [-0.2, -0.15) is 11.8 Å². The molecule has 1 atom stereocenters. The first-order chi connectivity index (χ1) is 7.52. The smallest absolute Gasteiger partial charge is 0.239 e. The van der Waals surface area contributed by atoms with Gasteiger partial charge in [-0.1, -0.05) is 0 Å². The Morgan fingerprint density at radius 1 is 1.50 bits per heavy atom. The minimum absolute atomic E-state index is 0.0691. The largest absolute Gasteiger partial charge is 0.355 e. The molecule has 0 aliphatic rings. The van der Waals surface area contributed by atoms with Gasteiger partial charge in [0.05, 0.1) is 12.6 Å². The summed E-state index contributed by atoms with van der Waals surface area (Å²) in [6.45, 7) is 2.48. The minimum atomic E-state index is -0.508. The fourth-order valence-electron chi connectivity index (χ4n) is 1.20. The van der Waals surface area contributed by atoms with E-state index >= 15 is 0 Å². The highest BCUT2D eigenvalue weighted by Crippen LogP contribution is 2.01. The molecule has 0 aromatic heterocycles. The molecule has 5 nitrogen and oxygen atoms in total. The zero-order valence-electron chi connectivity index (χ0n) is 10.2. The van der Waals surface area contributed by atoms with Gasteiger partial charge in [0.25, 0.3) is 0 Å². The van der Waals surface area contributed by atoms with E-state index in [1.165, 1.54) is 4.90 Å². The lowest BCUT2D eigenvalue weighted by atomic mass is 10.2. The topological polar surface area (TPSA) is 75.4 Å². The Labute approximate surface area is 101 Å². The molecule has 0 radical (unpaired) electrons. The van der Waals surface area contributed by atoms with Crippen molar-refractivity contribution in [2.75, 3.05) is 32.1 Å². The fraction of sp³-hybridized carbons (Fsp3) is 0.800. The van der Waals surface area contributed by atoms with Gasteiger partial charge in [-0.25, -0.2) is 0 Å². The zero-order chi connectivity index (χ0) is 12.6. The molecule has 0 aromatic rings. The Kier molecular flexibility index (Phi) is 8.01. The molecule has 3 N–H and O–H groups in total. The van der Waals surface area contributed by atoms with Crippen LogP contribution in [-0.4, -0.2) is 54.9 Å². The van der Waals surface area contributed by atoms with Crippen molar-refractivity contribution < 1.29 is 9.59 Å². The van der Waals surface area contributed by atoms with Crippen LogP contribution in [-0.2, 0) is 9.59 Å². The second-order valence-electron chi connectivity index (χ2n) is 3.54. The van der Waals surface area contributed by atoms with Gasteiger partial charge >= 0.3 is 0 Å². The SMILES string of the molecule is CCNC(=O)CN(C)C(=O)[C@H](N)CCSC. The highest BCUT2D eigenvalue weighted by molar-refractivity contribution is 7.98. The van der Waals surface area contributed by atoms with Crippen molar-refractivity contribution in [1.82, 2.24) is 10.2 Å². The average Bonchev–Trinajstić information content (AvgIpc) is 2.24. The molecule has 0 bridgehead atoms. The number of nitrogens with one attached hydrogen (secondary N) is 1. The van der Waals surface area contributed by atoms with Crippen LogP contribution in [0.4, 0.5) is 0 Å². The summed E-state index contributed by atoms with van der Waals surface area (Å²) in [6.07, 6.45) is 2.61. The number of likely N-dealkylation sites (N-methyl/N-ethyl adjacent to an activating group) is 2. The van der Waals surface area contributed by atoms with Crippen LogP contribution in [0.25, 0.3) is 0 Å². The lowest BCUT2D eigenvalue weighted by molar-refractivity contribution is -0.135. The molecule has 6 heteroatoms. The van der Waals surface area contributed by atoms with Crippen LogP contribution < -0.4 is 11.1 Å². The number of carbonyl (C=O) groups is 2. The standard InChI is InChI=1S/C10H21N3O2S/c1-4-12-9(14)7-13(2)10(15)8(11)5-6-16-3/h8H,4-7,11H2,1-3H3,(H,12,14)/t8-/m1/s1. The Hall–Kier alpha value is -0.750. The molecular weight excluding hydrogens is 226 g/mol. The molecular formula is C10H21N3O2S. The number of nitrogens with two attached hydrogens (primary N) is 1. The van der Waals surface area contributed by atoms with Crippen LogP contribution in [0.15, 0.2) is 0 Å². The monoisotopic (exact) mass is 247 g/mol. The first-order valence-corrected chi connectivity index (χ1v) is 6.68. The molecule has 0 unspecified atom stereocenters. The van der Waals surface area contributed by atoms with E-state index in [4.69, 9.17) is 5.73 Å². The van der Waals surface area contributed by atoms with Gasteiger partial charge < -0.3 is 16.0 Å². The molecule has 0 spiro atoms. The summed E-state index contributed by atoms with van der Waals surface area (Å²) in [5, 5.41) is 2.64. The maximum atomic E-state index is 11.7. The summed E-state index contributed by atoms with van der Waals surface area (Å²) in [5.41, 5.74) is 5.72. The predicted molar refractivity (Wildman–Crippen MR) is 67.3 cm³/mol. The molecule has 0 rings (SSSR count). The summed E-state index contributed by atoms with van der Waals surface area (Å²) in [5.74, 6) is 0.512. The van der Waals surface area contributed by atoms with Crippen LogP contribution in [0, 0.1) is 0 Å². The van der Waals surface area contributed by atoms with Gasteiger partial charge in [0.2, 0.25) is 11.8 Å². The van der Waals surface area contributed by atoms with Crippen LogP contribution in [0.3, 0.4) is 0 Å². The Balaban J connectivity index is 4.01. The van der Waals surface area contributed by atoms with Gasteiger partial charge in [0.1, 0.15) is 0 Å². The molecule has 2 amide bonds. The number of hydrogen-bond acceptors (Lipinski definition) is 4. The van der Waals surface area contributed by atoms with Crippen molar-refractivity contribution in [3.63, 3.8) is 0 Å². The van der Waals surface area contributed by atoms with Gasteiger partial charge in [0.15, 0.2) is 0 Å². The summed E-state index contributed by atoms with van der Waals surface area (Å²) in [4.78, 5) is 24.3. The van der Waals surface area contributed by atoms with E-state index in [0.29, 0.717) is 13.0 Å². The molecule has 0 aliphatic heterocycles. The molecule has 16 heavy (non-hydrogen) atoms. The summed E-state index contributed by atoms with van der Waals surface area (Å²) >= 11 is 1.65. The van der Waals surface area contributed by atoms with Gasteiger partial charge in [-0.15, -0.1) is 0 Å². The highest BCUT2D eigenvalue weighted by Gasteiger charge is 2.19. The predicted octanol–water partition coefficient (Wildman–Crippen LogP) is -0.339. The Morgan fingerprint density at radius 3 is 2.62 bits per heavy atom. The molecule has 0 saturated carbocycles. The van der Waals surface area contributed by atoms with Gasteiger partial charge in [0, 0.05) is 13.6 Å². The maximum Gasteiger partial charge on any atom is 0.239 e. The lowest BCUT2D eigenvalue weighted by Gasteiger charge is -2.20. The van der Waals surface area contributed by atoms with Gasteiger partial charge in [-0.3, -0.25) is 9.59 Å². The normalized spacial score (nSPS) is 12.0. The number of hydrogen-bond donors (Lipinski definition) is 2. The molecule has 0 aromatic carbocycles. The van der Waals surface area contributed by atoms with Crippen LogP contribution in [0.5, 0.6) is 0 Å². The van der Waals surface area contributed by atoms with E-state index in [9.17, 15) is 9.59 Å². The molecule has 0 aliphatic carbocycles. The van der Waals surface area contributed by atoms with Gasteiger partial charge in [-0.05, 0) is 25.4 Å². The third-order valence-corrected chi connectivity index (χ3v) is 2.73. The van der Waals surface area contributed by atoms with E-state index in [1.807, 2.05) is 13.2 Å². The van der Waals surface area contributed by atoms with E-state index in [-0.39, 0.29) is 18.4 Å². The van der Waals surface area contributed by atoms with E-state index in [1.54, 1.807) is 18.8 Å². The summed E-state index contributed by atoms with van der Waals surface area (Å²) in [7, 11) is 1.59. The van der Waals surface area contributed by atoms with Crippen molar-refractivity contribution in [3.05, 3.63) is 0 Å². The number of amides is 2. The number of rotatable bonds is 7.